The second kappa shape index (κ2) is 10.6. The van der Waals surface area contributed by atoms with E-state index in [0.29, 0.717) is 34.7 Å². The molecule has 170 valence electrons. The van der Waals surface area contributed by atoms with Crippen LogP contribution in [0.3, 0.4) is 0 Å². The van der Waals surface area contributed by atoms with Gasteiger partial charge in [0.15, 0.2) is 11.5 Å². The summed E-state index contributed by atoms with van der Waals surface area (Å²) in [6.45, 7) is 7.53. The molecule has 0 aliphatic heterocycles. The Morgan fingerprint density at radius 1 is 1.09 bits per heavy atom. The highest BCUT2D eigenvalue weighted by Crippen LogP contribution is 2.35. The summed E-state index contributed by atoms with van der Waals surface area (Å²) >= 11 is 1.38. The van der Waals surface area contributed by atoms with E-state index >= 15 is 0 Å². The molecule has 0 atom stereocenters. The molecule has 0 radical (unpaired) electrons. The van der Waals surface area contributed by atoms with E-state index in [9.17, 15) is 4.79 Å². The Morgan fingerprint density at radius 2 is 1.78 bits per heavy atom. The minimum atomic E-state index is -0.112. The average Bonchev–Trinajstić information content (AvgIpc) is 3.19. The Bertz CT molecular complexity index is 1080. The normalized spacial score (nSPS) is 11.1. The van der Waals surface area contributed by atoms with Crippen LogP contribution < -0.4 is 14.8 Å². The van der Waals surface area contributed by atoms with Crippen molar-refractivity contribution in [1.82, 2.24) is 15.2 Å². The molecule has 0 bridgehead atoms. The first-order valence-electron chi connectivity index (χ1n) is 10.6. The van der Waals surface area contributed by atoms with Gasteiger partial charge in [-0.25, -0.2) is 4.98 Å². The SMILES string of the molecule is COc1ccc(-c2nc(C)c(C(=O)NCc3ccccc3CN(C)C(C)C)s2)cc1OC. The molecule has 0 saturated carbocycles. The second-order valence-electron chi connectivity index (χ2n) is 7.96. The van der Waals surface area contributed by atoms with Crippen molar-refractivity contribution in [3.8, 4) is 22.1 Å². The Balaban J connectivity index is 1.75. The van der Waals surface area contributed by atoms with E-state index in [1.54, 1.807) is 14.2 Å². The Kier molecular flexibility index (Phi) is 7.88. The van der Waals surface area contributed by atoms with Crippen LogP contribution in [0, 0.1) is 6.92 Å². The van der Waals surface area contributed by atoms with Crippen LogP contribution in [0.2, 0.25) is 0 Å². The number of thiazole rings is 1. The molecule has 0 aliphatic rings. The van der Waals surface area contributed by atoms with Crippen molar-refractivity contribution in [3.63, 3.8) is 0 Å². The summed E-state index contributed by atoms with van der Waals surface area (Å²) in [5.41, 5.74) is 3.94. The summed E-state index contributed by atoms with van der Waals surface area (Å²) in [4.78, 5) is 20.5. The van der Waals surface area contributed by atoms with Crippen molar-refractivity contribution in [2.45, 2.75) is 39.9 Å². The van der Waals surface area contributed by atoms with Crippen molar-refractivity contribution in [3.05, 3.63) is 64.2 Å². The maximum atomic E-state index is 13.0. The smallest absolute Gasteiger partial charge is 0.263 e. The fourth-order valence-corrected chi connectivity index (χ4v) is 4.27. The predicted molar refractivity (Wildman–Crippen MR) is 130 cm³/mol. The highest BCUT2D eigenvalue weighted by molar-refractivity contribution is 7.17. The number of methoxy groups -OCH3 is 2. The van der Waals surface area contributed by atoms with Gasteiger partial charge in [0.1, 0.15) is 9.88 Å². The van der Waals surface area contributed by atoms with E-state index in [1.807, 2.05) is 37.3 Å². The largest absolute Gasteiger partial charge is 0.493 e. The fraction of sp³-hybridized carbons (Fsp3) is 0.360. The standard InChI is InChI=1S/C25H31N3O3S/c1-16(2)28(4)15-20-10-8-7-9-19(20)14-26-24(29)23-17(3)27-25(32-23)18-11-12-21(30-5)22(13-18)31-6/h7-13,16H,14-15H2,1-6H3,(H,26,29). The van der Waals surface area contributed by atoms with Gasteiger partial charge >= 0.3 is 0 Å². The van der Waals surface area contributed by atoms with Gasteiger partial charge in [-0.15, -0.1) is 11.3 Å². The van der Waals surface area contributed by atoms with Gasteiger partial charge in [0.2, 0.25) is 0 Å². The van der Waals surface area contributed by atoms with Crippen LogP contribution in [-0.4, -0.2) is 43.1 Å². The minimum absolute atomic E-state index is 0.112. The molecule has 6 nitrogen and oxygen atoms in total. The number of aryl methyl sites for hydroxylation is 1. The number of ether oxygens (including phenoxy) is 2. The van der Waals surface area contributed by atoms with E-state index in [4.69, 9.17) is 9.47 Å². The monoisotopic (exact) mass is 453 g/mol. The third-order valence-electron chi connectivity index (χ3n) is 5.49. The summed E-state index contributed by atoms with van der Waals surface area (Å²) < 4.78 is 10.7. The van der Waals surface area contributed by atoms with Crippen LogP contribution in [0.5, 0.6) is 11.5 Å². The van der Waals surface area contributed by atoms with Crippen molar-refractivity contribution in [2.75, 3.05) is 21.3 Å². The van der Waals surface area contributed by atoms with Crippen LogP contribution in [0.4, 0.5) is 0 Å². The third kappa shape index (κ3) is 5.47. The van der Waals surface area contributed by atoms with Gasteiger partial charge in [-0.05, 0) is 57.1 Å². The fourth-order valence-electron chi connectivity index (χ4n) is 3.29. The molecular formula is C25H31N3O3S. The van der Waals surface area contributed by atoms with Crippen LogP contribution in [-0.2, 0) is 13.1 Å². The first kappa shape index (κ1) is 23.8. The number of carbonyl (C=O) groups is 1. The van der Waals surface area contributed by atoms with Gasteiger partial charge < -0.3 is 14.8 Å². The number of hydrogen-bond donors (Lipinski definition) is 1. The van der Waals surface area contributed by atoms with Crippen LogP contribution in [0.1, 0.15) is 40.3 Å². The molecule has 0 fully saturated rings. The molecule has 0 unspecified atom stereocenters. The lowest BCUT2D eigenvalue weighted by Crippen LogP contribution is -2.27. The van der Waals surface area contributed by atoms with Crippen molar-refractivity contribution >= 4 is 17.2 Å². The van der Waals surface area contributed by atoms with E-state index in [-0.39, 0.29) is 5.91 Å². The molecule has 2 aromatic carbocycles. The van der Waals surface area contributed by atoms with Crippen molar-refractivity contribution in [2.24, 2.45) is 0 Å². The number of benzene rings is 2. The molecule has 0 spiro atoms. The Morgan fingerprint density at radius 3 is 2.44 bits per heavy atom. The first-order chi connectivity index (χ1) is 15.3. The summed E-state index contributed by atoms with van der Waals surface area (Å²) in [5.74, 6) is 1.18. The highest BCUT2D eigenvalue weighted by Gasteiger charge is 2.18. The van der Waals surface area contributed by atoms with E-state index in [1.165, 1.54) is 16.9 Å². The molecule has 1 aromatic heterocycles. The van der Waals surface area contributed by atoms with E-state index < -0.39 is 0 Å². The highest BCUT2D eigenvalue weighted by atomic mass is 32.1. The van der Waals surface area contributed by atoms with Gasteiger partial charge in [0.05, 0.1) is 19.9 Å². The zero-order chi connectivity index (χ0) is 23.3. The molecular weight excluding hydrogens is 422 g/mol. The first-order valence-corrected chi connectivity index (χ1v) is 11.4. The number of aromatic nitrogens is 1. The molecule has 3 rings (SSSR count). The zero-order valence-electron chi connectivity index (χ0n) is 19.6. The summed E-state index contributed by atoms with van der Waals surface area (Å²) in [6.07, 6.45) is 0. The lowest BCUT2D eigenvalue weighted by Gasteiger charge is -2.22. The molecule has 1 heterocycles. The Hall–Kier alpha value is -2.90. The van der Waals surface area contributed by atoms with Gasteiger partial charge in [0, 0.05) is 24.7 Å². The van der Waals surface area contributed by atoms with E-state index in [2.05, 4.69) is 48.2 Å². The molecule has 1 N–H and O–H groups in total. The molecule has 7 heteroatoms. The van der Waals surface area contributed by atoms with Gasteiger partial charge in [-0.3, -0.25) is 9.69 Å². The number of carbonyl (C=O) groups excluding carboxylic acids is 1. The molecule has 0 saturated heterocycles. The summed E-state index contributed by atoms with van der Waals surface area (Å²) in [5, 5.41) is 3.84. The lowest BCUT2D eigenvalue weighted by atomic mass is 10.1. The number of rotatable bonds is 9. The zero-order valence-corrected chi connectivity index (χ0v) is 20.4. The van der Waals surface area contributed by atoms with E-state index in [0.717, 1.165) is 22.7 Å². The quantitative estimate of drug-likeness (QED) is 0.499. The molecule has 32 heavy (non-hydrogen) atoms. The topological polar surface area (TPSA) is 63.7 Å². The lowest BCUT2D eigenvalue weighted by molar-refractivity contribution is 0.0954. The van der Waals surface area contributed by atoms with Crippen LogP contribution in [0.15, 0.2) is 42.5 Å². The van der Waals surface area contributed by atoms with Crippen molar-refractivity contribution in [1.29, 1.82) is 0 Å². The molecule has 0 aliphatic carbocycles. The summed E-state index contributed by atoms with van der Waals surface area (Å²) in [7, 11) is 5.31. The summed E-state index contributed by atoms with van der Waals surface area (Å²) in [6, 6.07) is 14.3. The van der Waals surface area contributed by atoms with Gasteiger partial charge in [-0.1, -0.05) is 24.3 Å². The number of hydrogen-bond acceptors (Lipinski definition) is 6. The maximum Gasteiger partial charge on any atom is 0.263 e. The average molecular weight is 454 g/mol. The maximum absolute atomic E-state index is 13.0. The molecule has 1 amide bonds. The Labute approximate surface area is 194 Å². The van der Waals surface area contributed by atoms with Crippen LogP contribution >= 0.6 is 11.3 Å². The third-order valence-corrected chi connectivity index (χ3v) is 6.70. The number of nitrogens with one attached hydrogen (secondary N) is 1. The minimum Gasteiger partial charge on any atom is -0.493 e. The van der Waals surface area contributed by atoms with Gasteiger partial charge in [-0.2, -0.15) is 0 Å². The number of amides is 1. The predicted octanol–water partition coefficient (Wildman–Crippen LogP) is 4.91. The van der Waals surface area contributed by atoms with Crippen molar-refractivity contribution < 1.29 is 14.3 Å². The second-order valence-corrected chi connectivity index (χ2v) is 8.96. The van der Waals surface area contributed by atoms with Crippen LogP contribution in [0.25, 0.3) is 10.6 Å². The number of nitrogens with zero attached hydrogens (tertiary/aromatic N) is 2. The van der Waals surface area contributed by atoms with Gasteiger partial charge in [0.25, 0.3) is 5.91 Å². The molecule has 3 aromatic rings.